The van der Waals surface area contributed by atoms with Crippen molar-refractivity contribution in [3.8, 4) is 0 Å². The Bertz CT molecular complexity index is 566. The van der Waals surface area contributed by atoms with Crippen LogP contribution in [0.15, 0.2) is 6.33 Å². The van der Waals surface area contributed by atoms with Crippen molar-refractivity contribution >= 4 is 22.9 Å². The third-order valence-electron chi connectivity index (χ3n) is 3.60. The maximum Gasteiger partial charge on any atom is 0.226 e. The molecule has 0 aliphatic heterocycles. The number of nitrogens with zero attached hydrogens (tertiary/aromatic N) is 4. The largest absolute Gasteiger partial charge is 0.395 e. The zero-order chi connectivity index (χ0) is 15.2. The fourth-order valence-corrected chi connectivity index (χ4v) is 2.56. The van der Waals surface area contributed by atoms with Gasteiger partial charge in [0.2, 0.25) is 5.95 Å². The van der Waals surface area contributed by atoms with Gasteiger partial charge in [0.25, 0.3) is 0 Å². The van der Waals surface area contributed by atoms with E-state index >= 15 is 0 Å². The minimum atomic E-state index is 0.0900. The lowest BCUT2D eigenvalue weighted by atomic mass is 10.1. The Hall–Kier alpha value is -1.89. The molecule has 0 saturated carbocycles. The van der Waals surface area contributed by atoms with Gasteiger partial charge in [0, 0.05) is 19.1 Å². The normalized spacial score (nSPS) is 11.3. The lowest BCUT2D eigenvalue weighted by Crippen LogP contribution is -2.37. The highest BCUT2D eigenvalue weighted by atomic mass is 16.3. The van der Waals surface area contributed by atoms with Gasteiger partial charge < -0.3 is 20.3 Å². The van der Waals surface area contributed by atoms with Crippen molar-refractivity contribution in [2.45, 2.75) is 39.7 Å². The molecule has 116 valence electrons. The van der Waals surface area contributed by atoms with Crippen LogP contribution in [0.4, 0.5) is 11.8 Å². The Morgan fingerprint density at radius 3 is 2.67 bits per heavy atom. The molecular weight excluding hydrogens is 268 g/mol. The highest BCUT2D eigenvalue weighted by molar-refractivity contribution is 5.84. The number of aliphatic hydroxyl groups excluding tert-OH is 1. The number of H-pyrrole nitrogens is 1. The van der Waals surface area contributed by atoms with Crippen molar-refractivity contribution in [2.75, 3.05) is 29.9 Å². The van der Waals surface area contributed by atoms with Gasteiger partial charge in [-0.15, -0.1) is 0 Å². The Kier molecular flexibility index (Phi) is 5.32. The molecule has 2 heterocycles. The summed E-state index contributed by atoms with van der Waals surface area (Å²) in [6.45, 7) is 7.68. The molecule has 7 heteroatoms. The minimum Gasteiger partial charge on any atom is -0.395 e. The van der Waals surface area contributed by atoms with Gasteiger partial charge in [0.1, 0.15) is 5.52 Å². The Morgan fingerprint density at radius 1 is 1.29 bits per heavy atom. The lowest BCUT2D eigenvalue weighted by molar-refractivity contribution is 0.295. The van der Waals surface area contributed by atoms with E-state index in [-0.39, 0.29) is 6.61 Å². The number of aliphatic hydroxyl groups is 1. The summed E-state index contributed by atoms with van der Waals surface area (Å²) in [6.07, 6.45) is 3.61. The van der Waals surface area contributed by atoms with E-state index in [4.69, 9.17) is 0 Å². The summed E-state index contributed by atoms with van der Waals surface area (Å²) in [6, 6.07) is 0.327. The van der Waals surface area contributed by atoms with Crippen LogP contribution < -0.4 is 10.2 Å². The number of aromatic amines is 1. The highest BCUT2D eigenvalue weighted by Crippen LogP contribution is 2.26. The Labute approximate surface area is 124 Å². The van der Waals surface area contributed by atoms with Gasteiger partial charge in [-0.25, -0.2) is 4.98 Å². The van der Waals surface area contributed by atoms with E-state index in [1.807, 2.05) is 6.92 Å². The Morgan fingerprint density at radius 2 is 2.05 bits per heavy atom. The predicted octanol–water partition coefficient (Wildman–Crippen LogP) is 1.77. The summed E-state index contributed by atoms with van der Waals surface area (Å²) in [7, 11) is 0. The van der Waals surface area contributed by atoms with Gasteiger partial charge in [-0.05, 0) is 19.8 Å². The van der Waals surface area contributed by atoms with Crippen LogP contribution >= 0.6 is 0 Å². The molecule has 0 unspecified atom stereocenters. The molecule has 2 rings (SSSR count). The first kappa shape index (κ1) is 15.5. The van der Waals surface area contributed by atoms with Crippen LogP contribution in [0, 0.1) is 0 Å². The van der Waals surface area contributed by atoms with Crippen LogP contribution in [-0.2, 0) is 0 Å². The van der Waals surface area contributed by atoms with E-state index in [0.717, 1.165) is 30.7 Å². The molecule has 0 amide bonds. The number of rotatable bonds is 8. The van der Waals surface area contributed by atoms with Gasteiger partial charge >= 0.3 is 0 Å². The van der Waals surface area contributed by atoms with Crippen LogP contribution in [0.3, 0.4) is 0 Å². The molecule has 0 saturated heterocycles. The van der Waals surface area contributed by atoms with Crippen molar-refractivity contribution < 1.29 is 5.11 Å². The van der Waals surface area contributed by atoms with Gasteiger partial charge in [-0.2, -0.15) is 9.97 Å². The van der Waals surface area contributed by atoms with Crippen molar-refractivity contribution in [3.63, 3.8) is 0 Å². The molecule has 0 radical (unpaired) electrons. The molecule has 0 spiro atoms. The summed E-state index contributed by atoms with van der Waals surface area (Å²) in [5.41, 5.74) is 1.46. The average molecular weight is 292 g/mol. The molecule has 0 bridgehead atoms. The molecule has 21 heavy (non-hydrogen) atoms. The van der Waals surface area contributed by atoms with Crippen LogP contribution in [0.2, 0.25) is 0 Å². The van der Waals surface area contributed by atoms with Crippen molar-refractivity contribution in [2.24, 2.45) is 0 Å². The fourth-order valence-electron chi connectivity index (χ4n) is 2.56. The summed E-state index contributed by atoms with van der Waals surface area (Å²) < 4.78 is 0. The monoisotopic (exact) mass is 292 g/mol. The quantitative estimate of drug-likeness (QED) is 0.687. The number of hydrogen-bond donors (Lipinski definition) is 3. The molecule has 0 aliphatic carbocycles. The van der Waals surface area contributed by atoms with Crippen molar-refractivity contribution in [3.05, 3.63) is 6.33 Å². The fraction of sp³-hybridized carbons (Fsp3) is 0.643. The maximum atomic E-state index is 9.41. The smallest absolute Gasteiger partial charge is 0.226 e. The number of fused-ring (bicyclic) bond motifs is 1. The number of anilines is 2. The zero-order valence-electron chi connectivity index (χ0n) is 12.9. The second-order valence-electron chi connectivity index (χ2n) is 4.89. The molecule has 0 aromatic carbocycles. The molecule has 2 aromatic heterocycles. The van der Waals surface area contributed by atoms with E-state index in [0.29, 0.717) is 24.2 Å². The van der Waals surface area contributed by atoms with E-state index < -0.39 is 0 Å². The predicted molar refractivity (Wildman–Crippen MR) is 84.6 cm³/mol. The molecule has 7 nitrogen and oxygen atoms in total. The minimum absolute atomic E-state index is 0.0900. The summed E-state index contributed by atoms with van der Waals surface area (Å²) >= 11 is 0. The number of nitrogens with one attached hydrogen (secondary N) is 2. The van der Waals surface area contributed by atoms with E-state index in [9.17, 15) is 5.11 Å². The molecule has 0 atom stereocenters. The molecule has 0 aliphatic rings. The summed E-state index contributed by atoms with van der Waals surface area (Å²) in [4.78, 5) is 18.5. The molecular formula is C14H24N6O. The third-order valence-corrected chi connectivity index (χ3v) is 3.60. The van der Waals surface area contributed by atoms with Crippen LogP contribution in [0.25, 0.3) is 11.2 Å². The molecule has 0 fully saturated rings. The van der Waals surface area contributed by atoms with Crippen LogP contribution in [0.5, 0.6) is 0 Å². The first-order valence-electron chi connectivity index (χ1n) is 7.57. The van der Waals surface area contributed by atoms with E-state index in [1.165, 1.54) is 0 Å². The van der Waals surface area contributed by atoms with Crippen molar-refractivity contribution in [1.29, 1.82) is 0 Å². The zero-order valence-corrected chi connectivity index (χ0v) is 12.9. The average Bonchev–Trinajstić information content (AvgIpc) is 2.95. The van der Waals surface area contributed by atoms with Gasteiger partial charge in [-0.3, -0.25) is 0 Å². The Balaban J connectivity index is 2.51. The van der Waals surface area contributed by atoms with Crippen molar-refractivity contribution in [1.82, 2.24) is 19.9 Å². The van der Waals surface area contributed by atoms with Gasteiger partial charge in [0.05, 0.1) is 12.9 Å². The molecule has 2 aromatic rings. The molecule has 3 N–H and O–H groups in total. The second-order valence-corrected chi connectivity index (χ2v) is 4.89. The highest BCUT2D eigenvalue weighted by Gasteiger charge is 2.21. The van der Waals surface area contributed by atoms with Crippen LogP contribution in [-0.4, -0.2) is 50.8 Å². The van der Waals surface area contributed by atoms with Gasteiger partial charge in [0.15, 0.2) is 11.5 Å². The van der Waals surface area contributed by atoms with E-state index in [1.54, 1.807) is 6.33 Å². The van der Waals surface area contributed by atoms with Crippen LogP contribution in [0.1, 0.15) is 33.6 Å². The standard InChI is InChI=1S/C14H24N6O/c1-4-10(5-2)20(7-8-21)13-11-12(17-9-16-11)18-14(19-13)15-6-3/h9-10,21H,4-8H2,1-3H3,(H2,15,16,17,18,19). The van der Waals surface area contributed by atoms with Gasteiger partial charge in [-0.1, -0.05) is 13.8 Å². The number of aromatic nitrogens is 4. The number of hydrogen-bond acceptors (Lipinski definition) is 6. The topological polar surface area (TPSA) is 90.0 Å². The SMILES string of the molecule is CCNc1nc(N(CCO)C(CC)CC)c2[nH]cnc2n1. The third kappa shape index (κ3) is 3.24. The summed E-state index contributed by atoms with van der Waals surface area (Å²) in [5, 5.41) is 12.5. The number of imidazole rings is 1. The second kappa shape index (κ2) is 7.21. The maximum absolute atomic E-state index is 9.41. The first-order valence-corrected chi connectivity index (χ1v) is 7.57. The lowest BCUT2D eigenvalue weighted by Gasteiger charge is -2.31. The first-order chi connectivity index (χ1) is 10.2. The summed E-state index contributed by atoms with van der Waals surface area (Å²) in [5.74, 6) is 1.37. The van der Waals surface area contributed by atoms with E-state index in [2.05, 4.69) is 44.0 Å².